The smallest absolute Gasteiger partial charge is 0.253 e. The zero-order chi connectivity index (χ0) is 19.2. The summed E-state index contributed by atoms with van der Waals surface area (Å²) in [6.07, 6.45) is 1.99. The van der Waals surface area contributed by atoms with E-state index >= 15 is 0 Å². The Labute approximate surface area is 157 Å². The van der Waals surface area contributed by atoms with Crippen LogP contribution in [-0.2, 0) is 4.79 Å². The Morgan fingerprint density at radius 1 is 0.889 bits per heavy atom. The van der Waals surface area contributed by atoms with Crippen molar-refractivity contribution in [2.45, 2.75) is 18.9 Å². The van der Waals surface area contributed by atoms with Crippen LogP contribution in [-0.4, -0.2) is 37.4 Å². The van der Waals surface area contributed by atoms with Crippen LogP contribution >= 0.6 is 0 Å². The Morgan fingerprint density at radius 2 is 1.48 bits per heavy atom. The molecule has 0 aromatic heterocycles. The molecule has 27 heavy (non-hydrogen) atoms. The minimum atomic E-state index is -0.312. The summed E-state index contributed by atoms with van der Waals surface area (Å²) in [5.41, 5.74) is 1.91. The maximum atomic E-state index is 12.3. The van der Waals surface area contributed by atoms with Crippen molar-refractivity contribution in [1.82, 2.24) is 10.6 Å². The lowest BCUT2D eigenvalue weighted by Gasteiger charge is -2.13. The molecule has 1 aliphatic carbocycles. The van der Waals surface area contributed by atoms with E-state index in [1.165, 1.54) is 0 Å². The van der Waals surface area contributed by atoms with E-state index in [9.17, 15) is 14.4 Å². The van der Waals surface area contributed by atoms with Gasteiger partial charge < -0.3 is 21.3 Å². The van der Waals surface area contributed by atoms with Gasteiger partial charge in [-0.1, -0.05) is 24.3 Å². The highest BCUT2D eigenvalue weighted by Gasteiger charge is 2.25. The van der Waals surface area contributed by atoms with Crippen molar-refractivity contribution >= 4 is 29.1 Å². The summed E-state index contributed by atoms with van der Waals surface area (Å²) in [7, 11) is 1.55. The fourth-order valence-electron chi connectivity index (χ4n) is 2.62. The standard InChI is InChI=1S/C20H22N4O3/c1-21-19(26)14-6-2-4-8-16(14)22-12-18(25)24-17-9-5-3-7-15(17)20(27)23-13-10-11-13/h2-9,13,22H,10-12H2,1H3,(H,21,26)(H,23,27)(H,24,25). The highest BCUT2D eigenvalue weighted by atomic mass is 16.2. The number of carbonyl (C=O) groups excluding carboxylic acids is 3. The fraction of sp³-hybridized carbons (Fsp3) is 0.250. The van der Waals surface area contributed by atoms with Gasteiger partial charge in [-0.2, -0.15) is 0 Å². The number of anilines is 2. The number of carbonyl (C=O) groups is 3. The molecule has 0 spiro atoms. The summed E-state index contributed by atoms with van der Waals surface area (Å²) in [6.45, 7) is -0.0351. The minimum absolute atomic E-state index is 0.0351. The second kappa shape index (κ2) is 8.35. The predicted molar refractivity (Wildman–Crippen MR) is 104 cm³/mol. The monoisotopic (exact) mass is 366 g/mol. The van der Waals surface area contributed by atoms with Crippen LogP contribution in [0.4, 0.5) is 11.4 Å². The van der Waals surface area contributed by atoms with Crippen LogP contribution < -0.4 is 21.3 Å². The highest BCUT2D eigenvalue weighted by molar-refractivity contribution is 6.05. The number of amides is 3. The van der Waals surface area contributed by atoms with E-state index in [1.807, 2.05) is 0 Å². The van der Waals surface area contributed by atoms with Gasteiger partial charge in [-0.15, -0.1) is 0 Å². The molecule has 2 aromatic carbocycles. The van der Waals surface area contributed by atoms with Crippen LogP contribution in [0.15, 0.2) is 48.5 Å². The summed E-state index contributed by atoms with van der Waals surface area (Å²) in [5.74, 6) is -0.736. The topological polar surface area (TPSA) is 99.3 Å². The van der Waals surface area contributed by atoms with Crippen LogP contribution in [0.2, 0.25) is 0 Å². The van der Waals surface area contributed by atoms with Gasteiger partial charge in [0.15, 0.2) is 0 Å². The van der Waals surface area contributed by atoms with Crippen molar-refractivity contribution in [3.8, 4) is 0 Å². The van der Waals surface area contributed by atoms with Crippen LogP contribution in [0, 0.1) is 0 Å². The van der Waals surface area contributed by atoms with Gasteiger partial charge >= 0.3 is 0 Å². The summed E-state index contributed by atoms with van der Waals surface area (Å²) >= 11 is 0. The third kappa shape index (κ3) is 4.84. The van der Waals surface area contributed by atoms with E-state index in [0.717, 1.165) is 12.8 Å². The first-order chi connectivity index (χ1) is 13.1. The van der Waals surface area contributed by atoms with E-state index in [0.29, 0.717) is 22.5 Å². The third-order valence-electron chi connectivity index (χ3n) is 4.20. The molecule has 1 aliphatic rings. The molecule has 0 radical (unpaired) electrons. The van der Waals surface area contributed by atoms with E-state index in [2.05, 4.69) is 21.3 Å². The minimum Gasteiger partial charge on any atom is -0.376 e. The molecule has 0 bridgehead atoms. The van der Waals surface area contributed by atoms with Crippen molar-refractivity contribution in [3.63, 3.8) is 0 Å². The number of para-hydroxylation sites is 2. The normalized spacial score (nSPS) is 12.8. The molecule has 0 saturated heterocycles. The number of rotatable bonds is 7. The largest absolute Gasteiger partial charge is 0.376 e. The molecule has 3 amide bonds. The maximum absolute atomic E-state index is 12.3. The molecule has 1 fully saturated rings. The maximum Gasteiger partial charge on any atom is 0.253 e. The first-order valence-corrected chi connectivity index (χ1v) is 8.83. The molecule has 140 valence electrons. The summed E-state index contributed by atoms with van der Waals surface area (Å²) < 4.78 is 0. The molecule has 2 aromatic rings. The van der Waals surface area contributed by atoms with Crippen molar-refractivity contribution < 1.29 is 14.4 Å². The molecule has 3 rings (SSSR count). The molecule has 0 heterocycles. The number of hydrogen-bond acceptors (Lipinski definition) is 4. The van der Waals surface area contributed by atoms with Crippen molar-refractivity contribution in [2.24, 2.45) is 0 Å². The van der Waals surface area contributed by atoms with Crippen LogP contribution in [0.3, 0.4) is 0 Å². The predicted octanol–water partition coefficient (Wildman–Crippen LogP) is 1.99. The Morgan fingerprint density at radius 3 is 2.11 bits per heavy atom. The van der Waals surface area contributed by atoms with E-state index in [-0.39, 0.29) is 30.3 Å². The summed E-state index contributed by atoms with van der Waals surface area (Å²) in [6, 6.07) is 14.1. The summed E-state index contributed by atoms with van der Waals surface area (Å²) in [5, 5.41) is 11.2. The lowest BCUT2D eigenvalue weighted by molar-refractivity contribution is -0.114. The number of benzene rings is 2. The highest BCUT2D eigenvalue weighted by Crippen LogP contribution is 2.21. The van der Waals surface area contributed by atoms with Crippen LogP contribution in [0.25, 0.3) is 0 Å². The van der Waals surface area contributed by atoms with Gasteiger partial charge in [0.25, 0.3) is 11.8 Å². The van der Waals surface area contributed by atoms with E-state index in [1.54, 1.807) is 55.6 Å². The van der Waals surface area contributed by atoms with Gasteiger partial charge in [-0.25, -0.2) is 0 Å². The Balaban J connectivity index is 1.64. The summed E-state index contributed by atoms with van der Waals surface area (Å²) in [4.78, 5) is 36.5. The molecule has 0 aliphatic heterocycles. The lowest BCUT2D eigenvalue weighted by Crippen LogP contribution is -2.28. The second-order valence-electron chi connectivity index (χ2n) is 6.32. The molecule has 7 heteroatoms. The average molecular weight is 366 g/mol. The van der Waals surface area contributed by atoms with Crippen LogP contribution in [0.5, 0.6) is 0 Å². The Hall–Kier alpha value is -3.35. The van der Waals surface area contributed by atoms with Gasteiger partial charge in [0.2, 0.25) is 5.91 Å². The molecule has 7 nitrogen and oxygen atoms in total. The molecule has 4 N–H and O–H groups in total. The van der Waals surface area contributed by atoms with Crippen molar-refractivity contribution in [3.05, 3.63) is 59.7 Å². The molecule has 1 saturated carbocycles. The third-order valence-corrected chi connectivity index (χ3v) is 4.20. The van der Waals surface area contributed by atoms with Gasteiger partial charge in [0.1, 0.15) is 0 Å². The first-order valence-electron chi connectivity index (χ1n) is 8.83. The Kier molecular flexibility index (Phi) is 5.71. The molecule has 0 unspecified atom stereocenters. The lowest BCUT2D eigenvalue weighted by atomic mass is 10.1. The van der Waals surface area contributed by atoms with Gasteiger partial charge in [-0.3, -0.25) is 14.4 Å². The van der Waals surface area contributed by atoms with Gasteiger partial charge in [0.05, 0.1) is 23.4 Å². The molecular weight excluding hydrogens is 344 g/mol. The van der Waals surface area contributed by atoms with Gasteiger partial charge in [-0.05, 0) is 37.1 Å². The fourth-order valence-corrected chi connectivity index (χ4v) is 2.62. The van der Waals surface area contributed by atoms with E-state index < -0.39 is 0 Å². The quantitative estimate of drug-likeness (QED) is 0.602. The zero-order valence-electron chi connectivity index (χ0n) is 15.0. The average Bonchev–Trinajstić information content (AvgIpc) is 3.50. The van der Waals surface area contributed by atoms with Crippen molar-refractivity contribution in [2.75, 3.05) is 24.2 Å². The zero-order valence-corrected chi connectivity index (χ0v) is 15.0. The van der Waals surface area contributed by atoms with E-state index in [4.69, 9.17) is 0 Å². The number of nitrogens with one attached hydrogen (secondary N) is 4. The Bertz CT molecular complexity index is 862. The van der Waals surface area contributed by atoms with Crippen LogP contribution in [0.1, 0.15) is 33.6 Å². The molecular formula is C20H22N4O3. The van der Waals surface area contributed by atoms with Crippen molar-refractivity contribution in [1.29, 1.82) is 0 Å². The number of hydrogen-bond donors (Lipinski definition) is 4. The second-order valence-corrected chi connectivity index (χ2v) is 6.32. The first kappa shape index (κ1) is 18.4. The SMILES string of the molecule is CNC(=O)c1ccccc1NCC(=O)Nc1ccccc1C(=O)NC1CC1. The molecule has 0 atom stereocenters. The van der Waals surface area contributed by atoms with Gasteiger partial charge in [0, 0.05) is 18.8 Å².